The lowest BCUT2D eigenvalue weighted by Crippen LogP contribution is -2.55. The molecular formula is C19H22ClNO2. The second-order valence-electron chi connectivity index (χ2n) is 7.76. The fourth-order valence-electron chi connectivity index (χ4n) is 6.14. The van der Waals surface area contributed by atoms with Crippen molar-refractivity contribution in [2.24, 2.45) is 23.7 Å². The summed E-state index contributed by atoms with van der Waals surface area (Å²) in [4.78, 5) is 10.3. The number of nitro groups is 1. The van der Waals surface area contributed by atoms with Crippen molar-refractivity contribution in [3.05, 3.63) is 57.2 Å². The monoisotopic (exact) mass is 331 g/mol. The Morgan fingerprint density at radius 2 is 1.91 bits per heavy atom. The van der Waals surface area contributed by atoms with Gasteiger partial charge in [0.15, 0.2) is 0 Å². The van der Waals surface area contributed by atoms with Crippen LogP contribution in [-0.2, 0) is 5.41 Å². The lowest BCUT2D eigenvalue weighted by molar-refractivity contribution is -0.402. The van der Waals surface area contributed by atoms with Gasteiger partial charge < -0.3 is 0 Å². The number of nitrogens with zero attached hydrogens (tertiary/aromatic N) is 1. The van der Waals surface area contributed by atoms with E-state index in [2.05, 4.69) is 12.1 Å². The van der Waals surface area contributed by atoms with Crippen LogP contribution in [-0.4, -0.2) is 4.92 Å². The highest BCUT2D eigenvalue weighted by Gasteiger charge is 2.57. The molecule has 3 atom stereocenters. The Morgan fingerprint density at radius 3 is 2.57 bits per heavy atom. The Hall–Kier alpha value is -1.35. The van der Waals surface area contributed by atoms with E-state index >= 15 is 0 Å². The molecule has 4 saturated carbocycles. The van der Waals surface area contributed by atoms with Gasteiger partial charge in [-0.25, -0.2) is 0 Å². The quantitative estimate of drug-likeness (QED) is 0.561. The van der Waals surface area contributed by atoms with Gasteiger partial charge in [0.25, 0.3) is 0 Å². The molecule has 4 bridgehead atoms. The summed E-state index contributed by atoms with van der Waals surface area (Å²) < 4.78 is 0. The molecule has 0 saturated heterocycles. The molecule has 0 spiro atoms. The zero-order valence-corrected chi connectivity index (χ0v) is 13.9. The molecule has 3 unspecified atom stereocenters. The van der Waals surface area contributed by atoms with E-state index < -0.39 is 0 Å². The van der Waals surface area contributed by atoms with E-state index in [1.165, 1.54) is 37.7 Å². The molecule has 0 aromatic heterocycles. The highest BCUT2D eigenvalue weighted by atomic mass is 35.5. The largest absolute Gasteiger partial charge is 0.259 e. The van der Waals surface area contributed by atoms with E-state index in [1.807, 2.05) is 12.1 Å². The van der Waals surface area contributed by atoms with E-state index in [9.17, 15) is 10.1 Å². The van der Waals surface area contributed by atoms with Crippen molar-refractivity contribution in [1.82, 2.24) is 0 Å². The number of hydrogen-bond acceptors (Lipinski definition) is 2. The van der Waals surface area contributed by atoms with Crippen LogP contribution in [0.1, 0.15) is 44.1 Å². The first-order chi connectivity index (χ1) is 11.1. The molecule has 0 amide bonds. The molecule has 23 heavy (non-hydrogen) atoms. The Morgan fingerprint density at radius 1 is 1.22 bits per heavy atom. The van der Waals surface area contributed by atoms with Crippen molar-refractivity contribution in [2.45, 2.75) is 43.9 Å². The average Bonchev–Trinajstić information content (AvgIpc) is 2.49. The van der Waals surface area contributed by atoms with Gasteiger partial charge in [-0.05, 0) is 79.9 Å². The van der Waals surface area contributed by atoms with Crippen molar-refractivity contribution in [1.29, 1.82) is 0 Å². The number of rotatable bonds is 4. The fourth-order valence-corrected chi connectivity index (χ4v) is 6.47. The number of hydrogen-bond donors (Lipinski definition) is 0. The van der Waals surface area contributed by atoms with Crippen molar-refractivity contribution in [3.63, 3.8) is 0 Å². The first-order valence-electron chi connectivity index (χ1n) is 8.63. The van der Waals surface area contributed by atoms with Gasteiger partial charge in [0.05, 0.1) is 4.92 Å². The zero-order chi connectivity index (χ0) is 16.0. The molecule has 0 heterocycles. The summed E-state index contributed by atoms with van der Waals surface area (Å²) in [5.74, 6) is 2.83. The summed E-state index contributed by atoms with van der Waals surface area (Å²) in [7, 11) is 0. The van der Waals surface area contributed by atoms with Crippen LogP contribution in [0.3, 0.4) is 0 Å². The third kappa shape index (κ3) is 2.50. The zero-order valence-electron chi connectivity index (χ0n) is 13.2. The molecule has 1 aromatic rings. The molecule has 4 heteroatoms. The second kappa shape index (κ2) is 5.62. The van der Waals surface area contributed by atoms with Crippen molar-refractivity contribution in [3.8, 4) is 0 Å². The van der Waals surface area contributed by atoms with Gasteiger partial charge in [0, 0.05) is 10.4 Å². The van der Waals surface area contributed by atoms with Gasteiger partial charge in [-0.1, -0.05) is 29.8 Å². The van der Waals surface area contributed by atoms with Crippen molar-refractivity contribution in [2.75, 3.05) is 0 Å². The number of halogens is 1. The number of benzene rings is 1. The van der Waals surface area contributed by atoms with E-state index in [0.29, 0.717) is 11.8 Å². The molecule has 3 nitrogen and oxygen atoms in total. The van der Waals surface area contributed by atoms with Crippen LogP contribution >= 0.6 is 11.6 Å². The molecule has 4 aliphatic carbocycles. The lowest BCUT2D eigenvalue weighted by atomic mass is 9.43. The van der Waals surface area contributed by atoms with Gasteiger partial charge in [0.1, 0.15) is 0 Å². The smallest absolute Gasteiger partial charge is 0.230 e. The Balaban J connectivity index is 1.73. The highest BCUT2D eigenvalue weighted by Crippen LogP contribution is 2.65. The molecular weight excluding hydrogens is 310 g/mol. The molecule has 0 N–H and O–H groups in total. The second-order valence-corrected chi connectivity index (χ2v) is 8.16. The van der Waals surface area contributed by atoms with Gasteiger partial charge in [0.2, 0.25) is 6.20 Å². The van der Waals surface area contributed by atoms with Gasteiger partial charge in [-0.2, -0.15) is 0 Å². The van der Waals surface area contributed by atoms with Gasteiger partial charge in [-0.3, -0.25) is 10.1 Å². The third-order valence-electron chi connectivity index (χ3n) is 6.55. The normalized spacial score (nSPS) is 38.3. The topological polar surface area (TPSA) is 43.1 Å². The first-order valence-corrected chi connectivity index (χ1v) is 9.01. The predicted octanol–water partition coefficient (Wildman–Crippen LogP) is 5.21. The van der Waals surface area contributed by atoms with Crippen LogP contribution in [0.2, 0.25) is 5.02 Å². The fraction of sp³-hybridized carbons (Fsp3) is 0.579. The van der Waals surface area contributed by atoms with Crippen LogP contribution in [0, 0.1) is 33.8 Å². The summed E-state index contributed by atoms with van der Waals surface area (Å²) in [6.07, 6.45) is 10.1. The minimum absolute atomic E-state index is 0.133. The molecule has 0 radical (unpaired) electrons. The Bertz CT molecular complexity index is 643. The van der Waals surface area contributed by atoms with Gasteiger partial charge in [-0.15, -0.1) is 0 Å². The maximum Gasteiger partial charge on any atom is 0.230 e. The summed E-state index contributed by atoms with van der Waals surface area (Å²) in [5, 5.41) is 11.5. The minimum Gasteiger partial charge on any atom is -0.259 e. The molecule has 122 valence electrons. The third-order valence-corrected chi connectivity index (χ3v) is 6.88. The maximum atomic E-state index is 10.6. The summed E-state index contributed by atoms with van der Waals surface area (Å²) >= 11 is 6.58. The van der Waals surface area contributed by atoms with Crippen molar-refractivity contribution < 1.29 is 4.92 Å². The molecule has 1 aromatic carbocycles. The van der Waals surface area contributed by atoms with E-state index in [0.717, 1.165) is 29.5 Å². The average molecular weight is 332 g/mol. The van der Waals surface area contributed by atoms with Crippen LogP contribution < -0.4 is 0 Å². The van der Waals surface area contributed by atoms with E-state index in [1.54, 1.807) is 6.08 Å². The molecule has 5 rings (SSSR count). The minimum atomic E-state index is -0.349. The van der Waals surface area contributed by atoms with E-state index in [4.69, 9.17) is 11.6 Å². The standard InChI is InChI=1S/C19H22ClNO2/c20-18-6-2-1-4-17(18)19-11-13-8-14(12-19)10-15(9-13)16(19)5-3-7-21(22)23/h1-4,6-7,13-16H,5,8-12H2. The summed E-state index contributed by atoms with van der Waals surface area (Å²) in [6, 6.07) is 8.27. The van der Waals surface area contributed by atoms with E-state index in [-0.39, 0.29) is 10.3 Å². The lowest BCUT2D eigenvalue weighted by Gasteiger charge is -2.62. The van der Waals surface area contributed by atoms with Gasteiger partial charge >= 0.3 is 0 Å². The summed E-state index contributed by atoms with van der Waals surface area (Å²) in [6.45, 7) is 0. The Labute approximate surface area is 141 Å². The van der Waals surface area contributed by atoms with Crippen LogP contribution in [0.15, 0.2) is 36.5 Å². The molecule has 4 aliphatic rings. The van der Waals surface area contributed by atoms with Crippen LogP contribution in [0.25, 0.3) is 0 Å². The van der Waals surface area contributed by atoms with Crippen LogP contribution in [0.5, 0.6) is 0 Å². The predicted molar refractivity (Wildman–Crippen MR) is 90.9 cm³/mol. The highest BCUT2D eigenvalue weighted by molar-refractivity contribution is 6.31. The van der Waals surface area contributed by atoms with Crippen molar-refractivity contribution >= 4 is 11.6 Å². The molecule has 0 aliphatic heterocycles. The molecule has 4 fully saturated rings. The SMILES string of the molecule is O=[N+]([O-])C=CCC1C2CC3CC(C2)CC1(c1ccccc1Cl)C3. The summed E-state index contributed by atoms with van der Waals surface area (Å²) in [5.41, 5.74) is 1.42. The Kier molecular flexibility index (Phi) is 3.72. The number of allylic oxidation sites excluding steroid dienone is 1. The first kappa shape index (κ1) is 15.2. The van der Waals surface area contributed by atoms with Crippen LogP contribution in [0.4, 0.5) is 0 Å². The maximum absolute atomic E-state index is 10.6.